The van der Waals surface area contributed by atoms with Crippen molar-refractivity contribution in [2.45, 2.75) is 32.2 Å². The van der Waals surface area contributed by atoms with E-state index in [9.17, 15) is 4.79 Å². The number of rotatable bonds is 5. The summed E-state index contributed by atoms with van der Waals surface area (Å²) in [4.78, 5) is 15.6. The molecule has 0 aliphatic carbocycles. The lowest BCUT2D eigenvalue weighted by Crippen LogP contribution is -2.43. The lowest BCUT2D eigenvalue weighted by atomic mass is 10.0. The van der Waals surface area contributed by atoms with Crippen LogP contribution in [0.3, 0.4) is 0 Å². The molecule has 21 heavy (non-hydrogen) atoms. The minimum Gasteiger partial charge on any atom is -0.379 e. The highest BCUT2D eigenvalue weighted by molar-refractivity contribution is 5.77. The Labute approximate surface area is 127 Å². The van der Waals surface area contributed by atoms with Gasteiger partial charge in [0.2, 0.25) is 5.91 Å². The monoisotopic (exact) mass is 293 g/mol. The highest BCUT2D eigenvalue weighted by Crippen LogP contribution is 2.19. The smallest absolute Gasteiger partial charge is 0.236 e. The quantitative estimate of drug-likeness (QED) is 0.878. The number of carbonyl (C=O) groups excluding carboxylic acids is 1. The summed E-state index contributed by atoms with van der Waals surface area (Å²) in [7, 11) is 5.58. The van der Waals surface area contributed by atoms with E-state index in [0.29, 0.717) is 12.6 Å². The second-order valence-corrected chi connectivity index (χ2v) is 6.00. The number of hydrogen-bond donors (Lipinski definition) is 1. The minimum atomic E-state index is 0.182. The molecule has 0 bridgehead atoms. The molecule has 1 N–H and O–H groups in total. The minimum absolute atomic E-state index is 0.182. The molecule has 1 fully saturated rings. The van der Waals surface area contributed by atoms with Crippen molar-refractivity contribution < 1.29 is 4.79 Å². The van der Waals surface area contributed by atoms with Gasteiger partial charge in [0.1, 0.15) is 0 Å². The number of hydrogen-bond acceptors (Lipinski definition) is 4. The van der Waals surface area contributed by atoms with E-state index in [0.717, 1.165) is 43.7 Å². The summed E-state index contributed by atoms with van der Waals surface area (Å²) < 4.78 is 1.87. The number of likely N-dealkylation sites (tertiary alicyclic amines) is 1. The van der Waals surface area contributed by atoms with Crippen molar-refractivity contribution in [1.82, 2.24) is 19.6 Å². The van der Waals surface area contributed by atoms with Crippen molar-refractivity contribution in [2.24, 2.45) is 7.05 Å². The standard InChI is InChI=1S/C15H27N5O/c1-5-13-14(10-19(4)17-13)16-12-6-8-20(9-7-12)11-15(21)18(2)3/h10,12,16H,5-9,11H2,1-4H3. The van der Waals surface area contributed by atoms with Crippen LogP contribution in [-0.4, -0.2) is 65.3 Å². The van der Waals surface area contributed by atoms with Crippen molar-refractivity contribution in [2.75, 3.05) is 39.0 Å². The summed E-state index contributed by atoms with van der Waals surface area (Å²) in [6, 6.07) is 0.477. The molecule has 0 radical (unpaired) electrons. The van der Waals surface area contributed by atoms with Crippen molar-refractivity contribution in [3.8, 4) is 0 Å². The molecule has 118 valence electrons. The molecule has 1 aliphatic rings. The van der Waals surface area contributed by atoms with Crippen LogP contribution >= 0.6 is 0 Å². The normalized spacial score (nSPS) is 17.0. The number of anilines is 1. The van der Waals surface area contributed by atoms with Crippen molar-refractivity contribution in [3.05, 3.63) is 11.9 Å². The van der Waals surface area contributed by atoms with Gasteiger partial charge in [-0.3, -0.25) is 14.4 Å². The molecule has 1 amide bonds. The average molecular weight is 293 g/mol. The van der Waals surface area contributed by atoms with Crippen LogP contribution in [-0.2, 0) is 18.3 Å². The Balaban J connectivity index is 1.82. The van der Waals surface area contributed by atoms with Crippen LogP contribution in [0.15, 0.2) is 6.20 Å². The van der Waals surface area contributed by atoms with Crippen molar-refractivity contribution in [3.63, 3.8) is 0 Å². The topological polar surface area (TPSA) is 53.4 Å². The van der Waals surface area contributed by atoms with E-state index < -0.39 is 0 Å². The molecule has 0 unspecified atom stereocenters. The summed E-state index contributed by atoms with van der Waals surface area (Å²) in [6.07, 6.45) is 5.14. The van der Waals surface area contributed by atoms with E-state index in [1.165, 1.54) is 0 Å². The van der Waals surface area contributed by atoms with E-state index in [4.69, 9.17) is 0 Å². The molecular formula is C15H27N5O. The van der Waals surface area contributed by atoms with Gasteiger partial charge in [-0.05, 0) is 19.3 Å². The highest BCUT2D eigenvalue weighted by atomic mass is 16.2. The van der Waals surface area contributed by atoms with E-state index in [-0.39, 0.29) is 5.91 Å². The Morgan fingerprint density at radius 2 is 2.10 bits per heavy atom. The molecule has 1 aromatic rings. The van der Waals surface area contributed by atoms with E-state index >= 15 is 0 Å². The fraction of sp³-hybridized carbons (Fsp3) is 0.733. The first-order valence-corrected chi connectivity index (χ1v) is 7.71. The third-order valence-corrected chi connectivity index (χ3v) is 4.05. The van der Waals surface area contributed by atoms with E-state index in [2.05, 4.69) is 28.4 Å². The molecule has 6 heteroatoms. The Morgan fingerprint density at radius 1 is 1.43 bits per heavy atom. The molecular weight excluding hydrogens is 266 g/mol. The first-order valence-electron chi connectivity index (χ1n) is 7.71. The fourth-order valence-corrected chi connectivity index (χ4v) is 2.70. The van der Waals surface area contributed by atoms with Gasteiger partial charge in [-0.1, -0.05) is 6.92 Å². The zero-order valence-electron chi connectivity index (χ0n) is 13.6. The summed E-state index contributed by atoms with van der Waals surface area (Å²) >= 11 is 0. The molecule has 2 heterocycles. The van der Waals surface area contributed by atoms with Crippen LogP contribution in [0.5, 0.6) is 0 Å². The zero-order valence-corrected chi connectivity index (χ0v) is 13.6. The van der Waals surface area contributed by atoms with Gasteiger partial charge < -0.3 is 10.2 Å². The summed E-state index contributed by atoms with van der Waals surface area (Å²) in [5.41, 5.74) is 2.28. The lowest BCUT2D eigenvalue weighted by Gasteiger charge is -2.32. The molecule has 6 nitrogen and oxygen atoms in total. The van der Waals surface area contributed by atoms with Gasteiger partial charge in [-0.2, -0.15) is 5.10 Å². The van der Waals surface area contributed by atoms with Gasteiger partial charge in [0, 0.05) is 46.5 Å². The van der Waals surface area contributed by atoms with Gasteiger partial charge in [-0.15, -0.1) is 0 Å². The first kappa shape index (κ1) is 15.8. The summed E-state index contributed by atoms with van der Waals surface area (Å²) in [6.45, 7) is 4.60. The summed E-state index contributed by atoms with van der Waals surface area (Å²) in [5.74, 6) is 0.182. The third kappa shape index (κ3) is 4.20. The first-order chi connectivity index (χ1) is 9.99. The number of nitrogens with one attached hydrogen (secondary N) is 1. The van der Waals surface area contributed by atoms with Crippen LogP contribution < -0.4 is 5.32 Å². The van der Waals surface area contributed by atoms with Crippen molar-refractivity contribution in [1.29, 1.82) is 0 Å². The highest BCUT2D eigenvalue weighted by Gasteiger charge is 2.22. The molecule has 0 aromatic carbocycles. The van der Waals surface area contributed by atoms with Crippen LogP contribution in [0.25, 0.3) is 0 Å². The third-order valence-electron chi connectivity index (χ3n) is 4.05. The Bertz CT molecular complexity index is 474. The zero-order chi connectivity index (χ0) is 15.4. The second-order valence-electron chi connectivity index (χ2n) is 6.00. The van der Waals surface area contributed by atoms with E-state index in [1.807, 2.05) is 25.8 Å². The maximum Gasteiger partial charge on any atom is 0.236 e. The number of amides is 1. The van der Waals surface area contributed by atoms with Crippen LogP contribution in [0.1, 0.15) is 25.5 Å². The molecule has 0 saturated carbocycles. The molecule has 0 spiro atoms. The second kappa shape index (κ2) is 6.93. The van der Waals surface area contributed by atoms with Gasteiger partial charge >= 0.3 is 0 Å². The van der Waals surface area contributed by atoms with E-state index in [1.54, 1.807) is 4.90 Å². The van der Waals surface area contributed by atoms with Gasteiger partial charge in [0.05, 0.1) is 17.9 Å². The number of nitrogens with zero attached hydrogens (tertiary/aromatic N) is 4. The molecule has 1 aromatic heterocycles. The number of carbonyl (C=O) groups is 1. The molecule has 0 atom stereocenters. The predicted molar refractivity (Wildman–Crippen MR) is 84.4 cm³/mol. The van der Waals surface area contributed by atoms with Crippen LogP contribution in [0.4, 0.5) is 5.69 Å². The molecule has 2 rings (SSSR count). The van der Waals surface area contributed by atoms with Gasteiger partial charge in [0.15, 0.2) is 0 Å². The Morgan fingerprint density at radius 3 is 2.67 bits per heavy atom. The average Bonchev–Trinajstić information content (AvgIpc) is 2.80. The van der Waals surface area contributed by atoms with Crippen LogP contribution in [0.2, 0.25) is 0 Å². The summed E-state index contributed by atoms with van der Waals surface area (Å²) in [5, 5.41) is 8.07. The Kier molecular flexibility index (Phi) is 5.22. The molecule has 1 aliphatic heterocycles. The number of piperidine rings is 1. The van der Waals surface area contributed by atoms with Crippen LogP contribution in [0, 0.1) is 0 Å². The number of aromatic nitrogens is 2. The van der Waals surface area contributed by atoms with Crippen molar-refractivity contribution >= 4 is 11.6 Å². The van der Waals surface area contributed by atoms with Gasteiger partial charge in [0.25, 0.3) is 0 Å². The number of aryl methyl sites for hydroxylation is 2. The fourth-order valence-electron chi connectivity index (χ4n) is 2.70. The lowest BCUT2D eigenvalue weighted by molar-refractivity contribution is -0.130. The largest absolute Gasteiger partial charge is 0.379 e. The SMILES string of the molecule is CCc1nn(C)cc1NC1CCN(CC(=O)N(C)C)CC1. The maximum atomic E-state index is 11.7. The Hall–Kier alpha value is -1.56. The molecule has 1 saturated heterocycles. The number of likely N-dealkylation sites (N-methyl/N-ethyl adjacent to an activating group) is 1. The van der Waals surface area contributed by atoms with Gasteiger partial charge in [-0.25, -0.2) is 0 Å². The predicted octanol–water partition coefficient (Wildman–Crippen LogP) is 0.947. The maximum absolute atomic E-state index is 11.7.